The Morgan fingerprint density at radius 3 is 2.11 bits per heavy atom. The number of carbonyl (C=O) groups is 1. The fourth-order valence-corrected chi connectivity index (χ4v) is 3.24. The van der Waals surface area contributed by atoms with Crippen LogP contribution >= 0.6 is 0 Å². The number of rotatable bonds is 16. The third-order valence-corrected chi connectivity index (χ3v) is 4.89. The lowest BCUT2D eigenvalue weighted by atomic mass is 10.1. The van der Waals surface area contributed by atoms with Gasteiger partial charge < -0.3 is 30.0 Å². The fourth-order valence-electron chi connectivity index (χ4n) is 3.24. The zero-order chi connectivity index (χ0) is 24.7. The number of anilines is 1. The monoisotopic (exact) mass is 482 g/mol. The molecule has 0 atom stereocenters. The van der Waals surface area contributed by atoms with E-state index in [-0.39, 0.29) is 12.3 Å². The summed E-state index contributed by atoms with van der Waals surface area (Å²) in [5.74, 6) is -0.151. The molecule has 0 aliphatic rings. The lowest BCUT2D eigenvalue weighted by molar-refractivity contribution is -0.117. The number of hydrogen-bond acceptors (Lipinski definition) is 8. The molecule has 0 aliphatic heterocycles. The first-order valence-corrected chi connectivity index (χ1v) is 11.4. The summed E-state index contributed by atoms with van der Waals surface area (Å²) in [6.45, 7) is 4.16. The Bertz CT molecular complexity index is 1150. The Kier molecular flexibility index (Phi) is 11.2. The molecule has 0 saturated carbocycles. The summed E-state index contributed by atoms with van der Waals surface area (Å²) in [6.07, 6.45) is 0.227. The van der Waals surface area contributed by atoms with E-state index in [4.69, 9.17) is 30.2 Å². The van der Waals surface area contributed by atoms with Crippen LogP contribution in [0.25, 0.3) is 32.2 Å². The van der Waals surface area contributed by atoms with Crippen molar-refractivity contribution >= 4 is 39.1 Å². The Morgan fingerprint density at radius 2 is 1.46 bits per heavy atom. The Morgan fingerprint density at radius 1 is 0.857 bits per heavy atom. The van der Waals surface area contributed by atoms with Gasteiger partial charge >= 0.3 is 0 Å². The number of nitrogens with zero attached hydrogens (tertiary/aromatic N) is 4. The summed E-state index contributed by atoms with van der Waals surface area (Å²) in [7, 11) is 0. The highest BCUT2D eigenvalue weighted by Crippen LogP contribution is 2.25. The zero-order valence-corrected chi connectivity index (χ0v) is 19.5. The minimum atomic E-state index is -0.151. The van der Waals surface area contributed by atoms with Gasteiger partial charge in [-0.15, -0.1) is 0 Å². The molecule has 3 aromatic rings. The molecule has 11 nitrogen and oxygen atoms in total. The maximum atomic E-state index is 12.3. The quantitative estimate of drug-likeness (QED) is 0.104. The number of nitrogens with two attached hydrogens (primary N) is 1. The predicted molar refractivity (Wildman–Crippen MR) is 134 cm³/mol. The van der Waals surface area contributed by atoms with E-state index in [0.717, 1.165) is 16.3 Å². The molecule has 1 aromatic heterocycles. The van der Waals surface area contributed by atoms with E-state index in [2.05, 4.69) is 20.3 Å². The van der Waals surface area contributed by atoms with Crippen LogP contribution in [0.1, 0.15) is 6.42 Å². The molecule has 3 N–H and O–H groups in total. The maximum Gasteiger partial charge on any atom is 0.226 e. The van der Waals surface area contributed by atoms with Gasteiger partial charge in [-0.2, -0.15) is 0 Å². The van der Waals surface area contributed by atoms with Gasteiger partial charge in [0.1, 0.15) is 0 Å². The van der Waals surface area contributed by atoms with Crippen LogP contribution in [0.4, 0.5) is 11.4 Å². The van der Waals surface area contributed by atoms with Gasteiger partial charge in [0, 0.05) is 33.6 Å². The number of hydrogen-bond donors (Lipinski definition) is 2. The number of pyridine rings is 1. The average molecular weight is 483 g/mol. The molecule has 1 amide bonds. The van der Waals surface area contributed by atoms with Crippen LogP contribution in [-0.2, 0) is 23.7 Å². The third-order valence-electron chi connectivity index (χ3n) is 4.89. The van der Waals surface area contributed by atoms with Crippen LogP contribution < -0.4 is 11.1 Å². The summed E-state index contributed by atoms with van der Waals surface area (Å²) >= 11 is 0. The van der Waals surface area contributed by atoms with Gasteiger partial charge in [-0.1, -0.05) is 23.3 Å². The summed E-state index contributed by atoms with van der Waals surface area (Å²) in [6, 6.07) is 12.9. The highest BCUT2D eigenvalue weighted by atomic mass is 16.6. The molecule has 0 bridgehead atoms. The standard InChI is InChI=1S/C24H30N6O5/c25-6-8-33-10-12-35-14-13-34-11-9-32-7-5-24(31)27-20-3-1-18-15-19-2-4-21(29-30-26)17-23(19)28-22(18)16-20/h1-4,15-17H,5-14,25H2,(H,27,31). The molecule has 0 spiro atoms. The van der Waals surface area contributed by atoms with E-state index < -0.39 is 0 Å². The van der Waals surface area contributed by atoms with Crippen molar-refractivity contribution in [2.45, 2.75) is 6.42 Å². The van der Waals surface area contributed by atoms with Gasteiger partial charge in [0.05, 0.1) is 70.3 Å². The Balaban J connectivity index is 1.34. The van der Waals surface area contributed by atoms with Crippen molar-refractivity contribution in [3.63, 3.8) is 0 Å². The summed E-state index contributed by atoms with van der Waals surface area (Å²) in [4.78, 5) is 19.7. The smallest absolute Gasteiger partial charge is 0.226 e. The first-order chi connectivity index (χ1) is 17.2. The van der Waals surface area contributed by atoms with Gasteiger partial charge in [0.2, 0.25) is 5.91 Å². The number of fused-ring (bicyclic) bond motifs is 2. The molecule has 0 unspecified atom stereocenters. The molecular weight excluding hydrogens is 452 g/mol. The maximum absolute atomic E-state index is 12.3. The van der Waals surface area contributed by atoms with Gasteiger partial charge in [0.25, 0.3) is 0 Å². The number of aromatic nitrogens is 1. The number of azide groups is 1. The Labute approximate surface area is 203 Å². The molecule has 0 saturated heterocycles. The normalized spacial score (nSPS) is 11.0. The van der Waals surface area contributed by atoms with Crippen LogP contribution in [0.5, 0.6) is 0 Å². The van der Waals surface area contributed by atoms with Crippen molar-refractivity contribution < 1.29 is 23.7 Å². The molecular formula is C24H30N6O5. The SMILES string of the molecule is [N-]=[N+]=Nc1ccc2cc3ccc(NC(=O)CCOCCOCCOCCOCCN)cc3nc2c1. The topological polar surface area (TPSA) is 154 Å². The van der Waals surface area contributed by atoms with E-state index in [1.54, 1.807) is 12.1 Å². The summed E-state index contributed by atoms with van der Waals surface area (Å²) in [5, 5.41) is 8.37. The van der Waals surface area contributed by atoms with Gasteiger partial charge in [-0.3, -0.25) is 4.79 Å². The zero-order valence-electron chi connectivity index (χ0n) is 19.5. The van der Waals surface area contributed by atoms with Crippen molar-refractivity contribution in [3.8, 4) is 0 Å². The first kappa shape index (κ1) is 26.3. The van der Waals surface area contributed by atoms with Crippen molar-refractivity contribution in [1.82, 2.24) is 4.98 Å². The van der Waals surface area contributed by atoms with Crippen molar-refractivity contribution in [2.75, 3.05) is 64.7 Å². The summed E-state index contributed by atoms with van der Waals surface area (Å²) < 4.78 is 21.4. The molecule has 0 aliphatic carbocycles. The van der Waals surface area contributed by atoms with Gasteiger partial charge in [-0.25, -0.2) is 4.98 Å². The number of carbonyl (C=O) groups excluding carboxylic acids is 1. The molecule has 0 fully saturated rings. The highest BCUT2D eigenvalue weighted by molar-refractivity contribution is 5.97. The van der Waals surface area contributed by atoms with E-state index in [1.807, 2.05) is 30.3 Å². The fraction of sp³-hybridized carbons (Fsp3) is 0.417. The van der Waals surface area contributed by atoms with Crippen molar-refractivity contribution in [3.05, 3.63) is 52.9 Å². The molecule has 11 heteroatoms. The molecule has 186 valence electrons. The highest BCUT2D eigenvalue weighted by Gasteiger charge is 2.06. The van der Waals surface area contributed by atoms with E-state index in [1.165, 1.54) is 0 Å². The molecule has 0 radical (unpaired) electrons. The number of amides is 1. The second-order valence-electron chi connectivity index (χ2n) is 7.50. The molecule has 35 heavy (non-hydrogen) atoms. The summed E-state index contributed by atoms with van der Waals surface area (Å²) in [5.41, 5.74) is 16.5. The molecule has 1 heterocycles. The minimum absolute atomic E-state index is 0.151. The van der Waals surface area contributed by atoms with Crippen LogP contribution in [0, 0.1) is 0 Å². The number of nitrogens with one attached hydrogen (secondary N) is 1. The molecule has 3 rings (SSSR count). The average Bonchev–Trinajstić information content (AvgIpc) is 2.86. The largest absolute Gasteiger partial charge is 0.379 e. The predicted octanol–water partition coefficient (Wildman–Crippen LogP) is 3.68. The lowest BCUT2D eigenvalue weighted by Gasteiger charge is -2.09. The van der Waals surface area contributed by atoms with Crippen LogP contribution in [0.2, 0.25) is 0 Å². The van der Waals surface area contributed by atoms with E-state index >= 15 is 0 Å². The van der Waals surface area contributed by atoms with Crippen LogP contribution in [0.3, 0.4) is 0 Å². The lowest BCUT2D eigenvalue weighted by Crippen LogP contribution is -2.16. The second-order valence-corrected chi connectivity index (χ2v) is 7.50. The van der Waals surface area contributed by atoms with Gasteiger partial charge in [-0.05, 0) is 29.8 Å². The third kappa shape index (κ3) is 9.10. The van der Waals surface area contributed by atoms with Crippen LogP contribution in [-0.4, -0.2) is 70.3 Å². The second kappa shape index (κ2) is 14.8. The number of ether oxygens (including phenoxy) is 4. The van der Waals surface area contributed by atoms with Crippen molar-refractivity contribution in [2.24, 2.45) is 10.8 Å². The van der Waals surface area contributed by atoms with Gasteiger partial charge in [0.15, 0.2) is 0 Å². The Hall–Kier alpha value is -3.31. The number of benzene rings is 2. The van der Waals surface area contributed by atoms with E-state index in [0.29, 0.717) is 76.3 Å². The molecule has 2 aromatic carbocycles. The minimum Gasteiger partial charge on any atom is -0.379 e. The van der Waals surface area contributed by atoms with E-state index in [9.17, 15) is 4.79 Å². The first-order valence-electron chi connectivity index (χ1n) is 11.4. The van der Waals surface area contributed by atoms with Crippen LogP contribution in [0.15, 0.2) is 47.6 Å². The van der Waals surface area contributed by atoms with Crippen molar-refractivity contribution in [1.29, 1.82) is 0 Å².